The van der Waals surface area contributed by atoms with Crippen molar-refractivity contribution in [2.24, 2.45) is 0 Å². The van der Waals surface area contributed by atoms with Crippen LogP contribution in [-0.2, 0) is 37.9 Å². The molecule has 0 radical (unpaired) electrons. The lowest BCUT2D eigenvalue weighted by Crippen LogP contribution is -2.17. The van der Waals surface area contributed by atoms with Crippen LogP contribution in [0, 0.1) is 20.8 Å². The molecular formula is C69H90O6P2. The van der Waals surface area contributed by atoms with E-state index in [1.54, 1.807) is 14.2 Å². The number of ether oxygens (including phenoxy) is 2. The molecule has 77 heavy (non-hydrogen) atoms. The molecule has 0 saturated heterocycles. The molecule has 8 aromatic rings. The van der Waals surface area contributed by atoms with Crippen LogP contribution in [0.1, 0.15) is 201 Å². The van der Waals surface area contributed by atoms with Crippen molar-refractivity contribution in [2.75, 3.05) is 14.2 Å². The highest BCUT2D eigenvalue weighted by molar-refractivity contribution is 7.47. The van der Waals surface area contributed by atoms with Gasteiger partial charge in [-0.3, -0.25) is 0 Å². The maximum Gasteiger partial charge on any atom is 0.253 e. The SMILES string of the molecule is COc1ccc(C)c(-p2oc3c(C)cc(C(C)(C)C)cc3c3cc(C(C)(C)C)cc(C(C)(C)C)c3o2)c1-c1c(OC)ccc(C)c1-p1oc2c(C(C)(C)C)cc(C(C)(C)C)cc2c2cc(C(C)(C)C)cc(C(C)(C)C)c2o1. The van der Waals surface area contributed by atoms with Gasteiger partial charge in [0.25, 0.3) is 16.0 Å². The predicted octanol–water partition coefficient (Wildman–Crippen LogP) is 22.6. The molecule has 1 atom stereocenters. The van der Waals surface area contributed by atoms with Crippen LogP contribution < -0.4 is 9.47 Å². The Morgan fingerprint density at radius 2 is 0.571 bits per heavy atom. The summed E-state index contributed by atoms with van der Waals surface area (Å²) in [4.78, 5) is 0. The smallest absolute Gasteiger partial charge is 0.253 e. The minimum Gasteiger partial charge on any atom is -0.496 e. The summed E-state index contributed by atoms with van der Waals surface area (Å²) in [6, 6.07) is 27.2. The first-order valence-electron chi connectivity index (χ1n) is 27.7. The van der Waals surface area contributed by atoms with Crippen LogP contribution in [0.5, 0.6) is 11.5 Å². The summed E-state index contributed by atoms with van der Waals surface area (Å²) in [5, 5.41) is 5.96. The fourth-order valence-corrected chi connectivity index (χ4v) is 13.9. The molecule has 8 rings (SSSR count). The molecular weight excluding hydrogens is 987 g/mol. The topological polar surface area (TPSA) is 71.0 Å². The number of hydrogen-bond acceptors (Lipinski definition) is 6. The van der Waals surface area contributed by atoms with Gasteiger partial charge in [0.15, 0.2) is 0 Å². The Morgan fingerprint density at radius 1 is 0.312 bits per heavy atom. The number of methoxy groups -OCH3 is 2. The Kier molecular flexibility index (Phi) is 14.7. The van der Waals surface area contributed by atoms with Crippen LogP contribution in [-0.4, -0.2) is 14.2 Å². The van der Waals surface area contributed by atoms with E-state index in [-0.39, 0.29) is 37.9 Å². The lowest BCUT2D eigenvalue weighted by atomic mass is 9.77. The Labute approximate surface area is 463 Å². The molecule has 2 aromatic heterocycles. The van der Waals surface area contributed by atoms with Crippen molar-refractivity contribution in [1.82, 2.24) is 0 Å². The molecule has 0 amide bonds. The normalized spacial score (nSPS) is 13.6. The molecule has 6 nitrogen and oxygen atoms in total. The fraction of sp³-hybridized carbons (Fsp3) is 0.478. The third kappa shape index (κ3) is 10.9. The second-order valence-corrected chi connectivity index (χ2v) is 31.8. The zero-order valence-corrected chi connectivity index (χ0v) is 53.6. The highest BCUT2D eigenvalue weighted by atomic mass is 31.1. The number of fused-ring (bicyclic) bond motifs is 6. The predicted molar refractivity (Wildman–Crippen MR) is 333 cm³/mol. The molecule has 0 bridgehead atoms. The van der Waals surface area contributed by atoms with E-state index in [0.29, 0.717) is 11.5 Å². The van der Waals surface area contributed by atoms with Gasteiger partial charge in [-0.25, -0.2) is 0 Å². The summed E-state index contributed by atoms with van der Waals surface area (Å²) >= 11 is 0. The van der Waals surface area contributed by atoms with Crippen molar-refractivity contribution >= 4 is 59.9 Å². The molecule has 0 N–H and O–H groups in total. The van der Waals surface area contributed by atoms with Crippen molar-refractivity contribution in [3.8, 4) is 33.2 Å². The molecule has 8 heteroatoms. The van der Waals surface area contributed by atoms with Gasteiger partial charge in [-0.1, -0.05) is 182 Å². The molecule has 0 saturated carbocycles. The lowest BCUT2D eigenvalue weighted by molar-refractivity contribution is 0.410. The van der Waals surface area contributed by atoms with Crippen LogP contribution in [0.3, 0.4) is 0 Å². The van der Waals surface area contributed by atoms with Crippen LogP contribution in [0.15, 0.2) is 89.6 Å². The third-order valence-corrected chi connectivity index (χ3v) is 18.7. The average molecular weight is 1080 g/mol. The number of benzene rings is 6. The summed E-state index contributed by atoms with van der Waals surface area (Å²) < 4.78 is 44.2. The van der Waals surface area contributed by atoms with Crippen LogP contribution in [0.4, 0.5) is 0 Å². The second kappa shape index (κ2) is 19.5. The number of hydrogen-bond donors (Lipinski definition) is 0. The lowest BCUT2D eigenvalue weighted by Gasteiger charge is -2.27. The van der Waals surface area contributed by atoms with E-state index in [0.717, 1.165) is 99.0 Å². The van der Waals surface area contributed by atoms with Gasteiger partial charge in [-0.2, -0.15) is 0 Å². The first kappa shape index (κ1) is 57.9. The molecule has 2 heterocycles. The summed E-state index contributed by atoms with van der Waals surface area (Å²) in [6.07, 6.45) is 0. The van der Waals surface area contributed by atoms with E-state index in [9.17, 15) is 0 Å². The molecule has 0 spiro atoms. The van der Waals surface area contributed by atoms with E-state index in [1.807, 2.05) is 0 Å². The highest BCUT2D eigenvalue weighted by Crippen LogP contribution is 2.61. The Bertz CT molecular complexity index is 3630. The van der Waals surface area contributed by atoms with Crippen molar-refractivity contribution in [3.05, 3.63) is 128 Å². The summed E-state index contributed by atoms with van der Waals surface area (Å²) in [5.74, 6) is 1.32. The van der Waals surface area contributed by atoms with Gasteiger partial charge in [-0.15, -0.1) is 0 Å². The van der Waals surface area contributed by atoms with Crippen molar-refractivity contribution in [3.63, 3.8) is 0 Å². The van der Waals surface area contributed by atoms with Crippen molar-refractivity contribution in [1.29, 1.82) is 0 Å². The quantitative estimate of drug-likeness (QED) is 0.171. The molecule has 0 fully saturated rings. The standard InChI is InChI=1S/C69H90O6P2/c1-39-27-29-53(70-25)55(61(39)76-72-57-41(3)31-42(63(4,5)6)32-46(57)47-33-43(64(7,8)9)36-50(58(47)73-76)67(16,17)18)56-54(71-26)30-28-40(2)62(56)77-74-59-48(34-44(65(10,11)12)37-51(59)68(19,20)21)49-35-45(66(13,14)15)38-52(60(49)75-77)69(22,23)24/h27-38H,1-26H3. The summed E-state index contributed by atoms with van der Waals surface area (Å²) in [7, 11) is -0.408. The van der Waals surface area contributed by atoms with Crippen molar-refractivity contribution < 1.29 is 26.3 Å². The molecule has 6 aromatic carbocycles. The van der Waals surface area contributed by atoms with Gasteiger partial charge in [0.1, 0.15) is 33.8 Å². The molecule has 0 aliphatic heterocycles. The monoisotopic (exact) mass is 1080 g/mol. The van der Waals surface area contributed by atoms with Crippen LogP contribution in [0.2, 0.25) is 0 Å². The maximum absolute atomic E-state index is 7.82. The minimum absolute atomic E-state index is 0.114. The summed E-state index contributed by atoms with van der Waals surface area (Å²) in [5.41, 5.74) is 15.0. The van der Waals surface area contributed by atoms with Gasteiger partial charge < -0.3 is 26.3 Å². The van der Waals surface area contributed by atoms with Crippen LogP contribution >= 0.6 is 16.0 Å². The van der Waals surface area contributed by atoms with Gasteiger partial charge >= 0.3 is 0 Å². The molecule has 0 aliphatic carbocycles. The fourth-order valence-electron chi connectivity index (χ4n) is 10.5. The van der Waals surface area contributed by atoms with E-state index in [4.69, 9.17) is 26.3 Å². The first-order valence-corrected chi connectivity index (χ1v) is 30.0. The van der Waals surface area contributed by atoms with Gasteiger partial charge in [0.05, 0.1) is 24.8 Å². The van der Waals surface area contributed by atoms with E-state index >= 15 is 0 Å². The molecule has 0 aliphatic rings. The van der Waals surface area contributed by atoms with E-state index in [1.165, 1.54) is 22.3 Å². The first-order chi connectivity index (χ1) is 35.2. The average Bonchev–Trinajstić information content (AvgIpc) is 3.61. The Balaban J connectivity index is 1.66. The van der Waals surface area contributed by atoms with E-state index < -0.39 is 16.0 Å². The minimum atomic E-state index is -1.97. The zero-order valence-electron chi connectivity index (χ0n) is 51.8. The maximum atomic E-state index is 7.82. The summed E-state index contributed by atoms with van der Waals surface area (Å²) in [6.45, 7) is 54.6. The molecule has 412 valence electrons. The largest absolute Gasteiger partial charge is 0.496 e. The van der Waals surface area contributed by atoms with Gasteiger partial charge in [0, 0.05) is 49.4 Å². The van der Waals surface area contributed by atoms with Gasteiger partial charge in [0.2, 0.25) is 0 Å². The van der Waals surface area contributed by atoms with Crippen LogP contribution in [0.25, 0.3) is 65.6 Å². The Morgan fingerprint density at radius 3 is 0.831 bits per heavy atom. The third-order valence-electron chi connectivity index (χ3n) is 15.4. The zero-order chi connectivity index (χ0) is 57.2. The highest BCUT2D eigenvalue weighted by Gasteiger charge is 2.34. The van der Waals surface area contributed by atoms with Gasteiger partial charge in [-0.05, 0) is 134 Å². The number of aryl methyl sites for hydroxylation is 3. The van der Waals surface area contributed by atoms with Crippen molar-refractivity contribution in [2.45, 2.75) is 204 Å². The Hall–Kier alpha value is -5.28. The second-order valence-electron chi connectivity index (χ2n) is 29.1. The molecule has 1 unspecified atom stereocenters. The van der Waals surface area contributed by atoms with E-state index in [2.05, 4.69) is 239 Å². The number of rotatable bonds is 5.